The van der Waals surface area contributed by atoms with Gasteiger partial charge in [-0.05, 0) is 19.1 Å². The molecule has 0 spiro atoms. The van der Waals surface area contributed by atoms with Crippen molar-refractivity contribution < 1.29 is 31.1 Å². The Morgan fingerprint density at radius 2 is 1.88 bits per heavy atom. The van der Waals surface area contributed by atoms with Crippen molar-refractivity contribution in [2.75, 3.05) is 12.4 Å². The lowest BCUT2D eigenvalue weighted by molar-refractivity contribution is -0.137. The number of likely N-dealkylation sites (N-methyl/N-ethyl adjacent to an activating group) is 1. The first-order valence-corrected chi connectivity index (χ1v) is 7.07. The highest BCUT2D eigenvalue weighted by Crippen LogP contribution is 2.39. The van der Waals surface area contributed by atoms with Crippen LogP contribution < -0.4 is 5.32 Å². The Labute approximate surface area is 144 Å². The molecule has 0 radical (unpaired) electrons. The average Bonchev–Trinajstić information content (AvgIpc) is 2.83. The number of nitrogens with zero attached hydrogens (tertiary/aromatic N) is 3. The molecule has 1 unspecified atom stereocenters. The van der Waals surface area contributed by atoms with Gasteiger partial charge in [-0.15, -0.1) is 0 Å². The van der Waals surface area contributed by atoms with Gasteiger partial charge in [0.1, 0.15) is 11.3 Å². The first kappa shape index (κ1) is 19.6. The number of amides is 1. The lowest BCUT2D eigenvalue weighted by Gasteiger charge is -2.30. The second-order valence-corrected chi connectivity index (χ2v) is 5.81. The van der Waals surface area contributed by atoms with Crippen molar-refractivity contribution in [1.29, 1.82) is 0 Å². The quantitative estimate of drug-likeness (QED) is 0.619. The van der Waals surface area contributed by atoms with Crippen LogP contribution in [-0.2, 0) is 11.0 Å². The summed E-state index contributed by atoms with van der Waals surface area (Å²) in [6, 6.07) is 2.52. The maximum atomic E-state index is 13.0. The van der Waals surface area contributed by atoms with E-state index >= 15 is 0 Å². The summed E-state index contributed by atoms with van der Waals surface area (Å²) in [5.74, 6) is -0.952. The smallest absolute Gasteiger partial charge is 0.324 e. The topological polar surface area (TPSA) is 49.1 Å². The molecule has 0 bridgehead atoms. The van der Waals surface area contributed by atoms with Crippen LogP contribution in [0.4, 0.5) is 37.7 Å². The third-order valence-electron chi connectivity index (χ3n) is 3.99. The molecule has 1 aliphatic heterocycles. The summed E-state index contributed by atoms with van der Waals surface area (Å²) in [4.78, 5) is 15.2. The van der Waals surface area contributed by atoms with E-state index in [1.165, 1.54) is 14.0 Å². The summed E-state index contributed by atoms with van der Waals surface area (Å²) >= 11 is 0. The van der Waals surface area contributed by atoms with Gasteiger partial charge in [-0.3, -0.25) is 9.80 Å². The van der Waals surface area contributed by atoms with Crippen LogP contribution in [0.5, 0.6) is 0 Å². The van der Waals surface area contributed by atoms with Crippen LogP contribution in [0.3, 0.4) is 0 Å². The number of carbonyl (C=O) groups is 1. The summed E-state index contributed by atoms with van der Waals surface area (Å²) in [6.45, 7) is 7.96. The maximum Gasteiger partial charge on any atom is 0.431 e. The molecule has 11 heteroatoms. The molecule has 2 rings (SSSR count). The van der Waals surface area contributed by atoms with E-state index < -0.39 is 47.2 Å². The molecule has 1 amide bonds. The zero-order valence-electron chi connectivity index (χ0n) is 13.5. The molecule has 0 aliphatic carbocycles. The molecule has 0 saturated heterocycles. The number of rotatable bonds is 2. The molecule has 1 N–H and O–H groups in total. The van der Waals surface area contributed by atoms with Crippen LogP contribution in [0.2, 0.25) is 0 Å². The summed E-state index contributed by atoms with van der Waals surface area (Å²) in [5, 5.41) is 6.29. The third-order valence-corrected chi connectivity index (χ3v) is 3.99. The highest BCUT2D eigenvalue weighted by molar-refractivity contribution is 6.04. The van der Waals surface area contributed by atoms with E-state index in [0.29, 0.717) is 6.07 Å². The zero-order chi connectivity index (χ0) is 19.9. The van der Waals surface area contributed by atoms with Gasteiger partial charge < -0.3 is 5.32 Å². The van der Waals surface area contributed by atoms with Crippen LogP contribution in [-0.4, -0.2) is 35.4 Å². The number of hydrogen-bond donors (Lipinski definition) is 1. The normalized spacial score (nSPS) is 20.6. The van der Waals surface area contributed by atoms with Crippen LogP contribution in [0.1, 0.15) is 18.9 Å². The average molecular weight is 378 g/mol. The third kappa shape index (κ3) is 3.58. The Kier molecular flexibility index (Phi) is 4.66. The van der Waals surface area contributed by atoms with Gasteiger partial charge in [0.25, 0.3) is 5.91 Å². The SMILES string of the molecule is [C-]#[N+]c1ccc(NC(=O)C2(C)CC(C(F)(F)F)=NN2C)cc1C(F)(F)F. The van der Waals surface area contributed by atoms with Gasteiger partial charge >= 0.3 is 12.4 Å². The van der Waals surface area contributed by atoms with Crippen molar-refractivity contribution in [3.63, 3.8) is 0 Å². The molecular weight excluding hydrogens is 366 g/mol. The fourth-order valence-corrected chi connectivity index (χ4v) is 2.36. The van der Waals surface area contributed by atoms with Crippen molar-refractivity contribution in [2.24, 2.45) is 5.10 Å². The summed E-state index contributed by atoms with van der Waals surface area (Å²) < 4.78 is 77.3. The van der Waals surface area contributed by atoms with Crippen molar-refractivity contribution in [3.05, 3.63) is 35.2 Å². The zero-order valence-corrected chi connectivity index (χ0v) is 13.5. The molecular formula is C15H12F6N4O. The van der Waals surface area contributed by atoms with Crippen LogP contribution in [0.15, 0.2) is 23.3 Å². The molecule has 1 heterocycles. The molecule has 0 saturated carbocycles. The van der Waals surface area contributed by atoms with Crippen molar-refractivity contribution in [3.8, 4) is 0 Å². The van der Waals surface area contributed by atoms with E-state index in [1.807, 2.05) is 0 Å². The van der Waals surface area contributed by atoms with E-state index in [2.05, 4.69) is 15.3 Å². The first-order valence-electron chi connectivity index (χ1n) is 7.07. The number of hydrazone groups is 1. The minimum atomic E-state index is -4.82. The van der Waals surface area contributed by atoms with E-state index in [0.717, 1.165) is 17.1 Å². The highest BCUT2D eigenvalue weighted by Gasteiger charge is 2.51. The van der Waals surface area contributed by atoms with E-state index in [-0.39, 0.29) is 5.69 Å². The number of nitrogens with one attached hydrogen (secondary N) is 1. The Morgan fingerprint density at radius 1 is 1.27 bits per heavy atom. The van der Waals surface area contributed by atoms with Crippen molar-refractivity contribution >= 4 is 23.0 Å². The Bertz CT molecular complexity index is 808. The molecule has 0 fully saturated rings. The summed E-state index contributed by atoms with van der Waals surface area (Å²) in [7, 11) is 1.17. The molecule has 1 aromatic rings. The van der Waals surface area contributed by atoms with Gasteiger partial charge in [0.15, 0.2) is 5.69 Å². The molecule has 0 aromatic heterocycles. The minimum absolute atomic E-state index is 0.287. The molecule has 140 valence electrons. The van der Waals surface area contributed by atoms with Gasteiger partial charge in [0.2, 0.25) is 0 Å². The van der Waals surface area contributed by atoms with E-state index in [1.54, 1.807) is 0 Å². The molecule has 26 heavy (non-hydrogen) atoms. The number of carbonyl (C=O) groups excluding carboxylic acids is 1. The lowest BCUT2D eigenvalue weighted by atomic mass is 9.94. The van der Waals surface area contributed by atoms with E-state index in [4.69, 9.17) is 6.57 Å². The second kappa shape index (κ2) is 6.19. The number of alkyl halides is 6. The fraction of sp³-hybridized carbons (Fsp3) is 0.400. The van der Waals surface area contributed by atoms with Crippen molar-refractivity contribution in [1.82, 2.24) is 5.01 Å². The van der Waals surface area contributed by atoms with Gasteiger partial charge in [-0.1, -0.05) is 6.07 Å². The molecule has 5 nitrogen and oxygen atoms in total. The largest absolute Gasteiger partial charge is 0.431 e. The predicted molar refractivity (Wildman–Crippen MR) is 80.6 cm³/mol. The van der Waals surface area contributed by atoms with Gasteiger partial charge in [0, 0.05) is 19.2 Å². The number of anilines is 1. The standard InChI is InChI=1S/C15H12F6N4O/c1-13(7-11(15(19,20)21)24-25(13)3)12(26)23-8-4-5-10(22-2)9(6-8)14(16,17)18/h4-6H,7H2,1,3H3,(H,23,26). The van der Waals surface area contributed by atoms with Gasteiger partial charge in [0.05, 0.1) is 12.1 Å². The number of benzene rings is 1. The van der Waals surface area contributed by atoms with Gasteiger partial charge in [-0.2, -0.15) is 31.4 Å². The number of halogens is 6. The van der Waals surface area contributed by atoms with E-state index in [9.17, 15) is 31.1 Å². The van der Waals surface area contributed by atoms with Crippen LogP contribution in [0.25, 0.3) is 4.85 Å². The lowest BCUT2D eigenvalue weighted by Crippen LogP contribution is -2.49. The highest BCUT2D eigenvalue weighted by atomic mass is 19.4. The fourth-order valence-electron chi connectivity index (χ4n) is 2.36. The summed E-state index contributed by atoms with van der Waals surface area (Å²) in [6.07, 6.45) is -10.3. The monoisotopic (exact) mass is 378 g/mol. The Balaban J connectivity index is 2.28. The molecule has 1 atom stereocenters. The summed E-state index contributed by atoms with van der Waals surface area (Å²) in [5.41, 5.74) is -5.06. The number of hydrogen-bond acceptors (Lipinski definition) is 3. The van der Waals surface area contributed by atoms with Crippen molar-refractivity contribution in [2.45, 2.75) is 31.2 Å². The second-order valence-electron chi connectivity index (χ2n) is 5.81. The first-order chi connectivity index (χ1) is 11.8. The predicted octanol–water partition coefficient (Wildman–Crippen LogP) is 4.21. The van der Waals surface area contributed by atoms with Gasteiger partial charge in [-0.25, -0.2) is 4.85 Å². The Hall–Kier alpha value is -2.77. The minimum Gasteiger partial charge on any atom is -0.324 e. The van der Waals surface area contributed by atoms with Crippen LogP contribution >= 0.6 is 0 Å². The van der Waals surface area contributed by atoms with Crippen LogP contribution in [0, 0.1) is 6.57 Å². The molecule has 1 aliphatic rings. The Morgan fingerprint density at radius 3 is 2.35 bits per heavy atom. The maximum absolute atomic E-state index is 13.0. The molecule has 1 aromatic carbocycles.